The fourth-order valence-electron chi connectivity index (χ4n) is 3.39. The lowest BCUT2D eigenvalue weighted by molar-refractivity contribution is -0.117. The number of sulfone groups is 1. The van der Waals surface area contributed by atoms with Gasteiger partial charge in [-0.25, -0.2) is 18.4 Å². The van der Waals surface area contributed by atoms with Gasteiger partial charge in [0, 0.05) is 48.2 Å². The zero-order chi connectivity index (χ0) is 21.1. The van der Waals surface area contributed by atoms with E-state index in [9.17, 15) is 13.2 Å². The first-order valence-corrected chi connectivity index (χ1v) is 11.5. The van der Waals surface area contributed by atoms with Crippen molar-refractivity contribution in [1.82, 2.24) is 15.0 Å². The Morgan fingerprint density at radius 1 is 1.17 bits per heavy atom. The summed E-state index contributed by atoms with van der Waals surface area (Å²) in [6.45, 7) is 2.50. The molecule has 1 aliphatic heterocycles. The number of hydrogen-bond acceptors (Lipinski definition) is 7. The summed E-state index contributed by atoms with van der Waals surface area (Å²) in [6, 6.07) is 9.47. The summed E-state index contributed by atoms with van der Waals surface area (Å²) in [5, 5.41) is 1.02. The first-order chi connectivity index (χ1) is 14.4. The highest BCUT2D eigenvalue weighted by atomic mass is 32.2. The zero-order valence-corrected chi connectivity index (χ0v) is 17.2. The fourth-order valence-corrected chi connectivity index (χ4v) is 4.64. The minimum Gasteiger partial charge on any atom is -0.378 e. The molecule has 1 fully saturated rings. The van der Waals surface area contributed by atoms with Crippen molar-refractivity contribution >= 4 is 32.5 Å². The molecule has 1 amide bonds. The molecule has 0 spiro atoms. The Labute approximate surface area is 174 Å². The molecule has 0 atom stereocenters. The summed E-state index contributed by atoms with van der Waals surface area (Å²) < 4.78 is 30.4. The van der Waals surface area contributed by atoms with Crippen LogP contribution in [0.2, 0.25) is 0 Å². The number of primary amides is 1. The average Bonchev–Trinajstić information content (AvgIpc) is 3.20. The van der Waals surface area contributed by atoms with E-state index in [2.05, 4.69) is 14.9 Å². The molecule has 4 rings (SSSR count). The minimum atomic E-state index is -3.54. The molecule has 30 heavy (non-hydrogen) atoms. The summed E-state index contributed by atoms with van der Waals surface area (Å²) in [5.74, 6) is -0.0980. The molecule has 3 N–H and O–H groups in total. The Bertz CT molecular complexity index is 1170. The number of nitrogens with one attached hydrogen (secondary N) is 1. The predicted molar refractivity (Wildman–Crippen MR) is 114 cm³/mol. The molecular formula is C20H23N5O4S. The number of aromatic amines is 1. The number of hydrogen-bond donors (Lipinski definition) is 2. The smallest absolute Gasteiger partial charge is 0.218 e. The Morgan fingerprint density at radius 2 is 1.97 bits per heavy atom. The van der Waals surface area contributed by atoms with Gasteiger partial charge < -0.3 is 20.4 Å². The van der Waals surface area contributed by atoms with Crippen LogP contribution in [-0.2, 0) is 25.1 Å². The highest BCUT2D eigenvalue weighted by molar-refractivity contribution is 7.90. The number of rotatable bonds is 7. The fraction of sp³-hybridized carbons (Fsp3) is 0.350. The Hall–Kier alpha value is -2.98. The van der Waals surface area contributed by atoms with E-state index < -0.39 is 15.7 Å². The van der Waals surface area contributed by atoms with Crippen LogP contribution in [0.4, 0.5) is 5.82 Å². The van der Waals surface area contributed by atoms with E-state index in [1.165, 1.54) is 0 Å². The van der Waals surface area contributed by atoms with Gasteiger partial charge in [0.25, 0.3) is 0 Å². The zero-order valence-electron chi connectivity index (χ0n) is 16.4. The standard InChI is InChI=1S/C20H23N5O4S/c21-18(26)4-10-30(27,28)13-16-12-19(25-6-8-29-9-7-25)24-20(23-16)15-1-2-17-14(11-15)3-5-22-17/h1-3,5,11-12,22H,4,6-10,13H2,(H2,21,26). The van der Waals surface area contributed by atoms with Crippen molar-refractivity contribution in [2.45, 2.75) is 12.2 Å². The summed E-state index contributed by atoms with van der Waals surface area (Å²) >= 11 is 0. The third-order valence-corrected chi connectivity index (χ3v) is 6.50. The maximum absolute atomic E-state index is 12.5. The molecule has 0 saturated carbocycles. The van der Waals surface area contributed by atoms with E-state index in [-0.39, 0.29) is 17.9 Å². The number of carbonyl (C=O) groups is 1. The molecule has 2 aromatic heterocycles. The van der Waals surface area contributed by atoms with E-state index in [1.807, 2.05) is 30.5 Å². The molecule has 10 heteroatoms. The number of nitrogens with two attached hydrogens (primary N) is 1. The van der Waals surface area contributed by atoms with Crippen LogP contribution in [0.1, 0.15) is 12.1 Å². The molecule has 9 nitrogen and oxygen atoms in total. The van der Waals surface area contributed by atoms with Crippen LogP contribution in [-0.4, -0.2) is 61.3 Å². The minimum absolute atomic E-state index is 0.208. The van der Waals surface area contributed by atoms with Crippen LogP contribution in [0, 0.1) is 0 Å². The number of amides is 1. The van der Waals surface area contributed by atoms with Gasteiger partial charge in [0.15, 0.2) is 15.7 Å². The van der Waals surface area contributed by atoms with Gasteiger partial charge in [-0.1, -0.05) is 0 Å². The topological polar surface area (TPSA) is 131 Å². The normalized spacial score (nSPS) is 14.9. The SMILES string of the molecule is NC(=O)CCS(=O)(=O)Cc1cc(N2CCOCC2)nc(-c2ccc3[nH]ccc3c2)n1. The maximum Gasteiger partial charge on any atom is 0.218 e. The molecule has 0 radical (unpaired) electrons. The van der Waals surface area contributed by atoms with E-state index >= 15 is 0 Å². The van der Waals surface area contributed by atoms with Gasteiger partial charge in [0.2, 0.25) is 5.91 Å². The molecule has 1 aromatic carbocycles. The van der Waals surface area contributed by atoms with Crippen molar-refractivity contribution in [3.8, 4) is 11.4 Å². The molecule has 1 saturated heterocycles. The first kappa shape index (κ1) is 20.3. The lowest BCUT2D eigenvalue weighted by atomic mass is 10.1. The van der Waals surface area contributed by atoms with E-state index in [0.29, 0.717) is 43.6 Å². The van der Waals surface area contributed by atoms with Crippen molar-refractivity contribution in [1.29, 1.82) is 0 Å². The second-order valence-corrected chi connectivity index (χ2v) is 9.41. The molecule has 0 bridgehead atoms. The lowest BCUT2D eigenvalue weighted by Crippen LogP contribution is -2.37. The Kier molecular flexibility index (Phi) is 5.69. The van der Waals surface area contributed by atoms with Gasteiger partial charge in [-0.3, -0.25) is 4.79 Å². The second kappa shape index (κ2) is 8.41. The summed E-state index contributed by atoms with van der Waals surface area (Å²) in [5.41, 5.74) is 7.29. The van der Waals surface area contributed by atoms with Gasteiger partial charge >= 0.3 is 0 Å². The van der Waals surface area contributed by atoms with E-state index in [1.54, 1.807) is 6.07 Å². The largest absolute Gasteiger partial charge is 0.378 e. The number of carbonyl (C=O) groups excluding carboxylic acids is 1. The van der Waals surface area contributed by atoms with Crippen LogP contribution in [0.3, 0.4) is 0 Å². The third kappa shape index (κ3) is 4.77. The number of fused-ring (bicyclic) bond motifs is 1. The van der Waals surface area contributed by atoms with Crippen LogP contribution in [0.15, 0.2) is 36.5 Å². The monoisotopic (exact) mass is 429 g/mol. The van der Waals surface area contributed by atoms with Crippen molar-refractivity contribution in [3.05, 3.63) is 42.2 Å². The van der Waals surface area contributed by atoms with Crippen LogP contribution in [0.25, 0.3) is 22.3 Å². The molecule has 158 valence electrons. The summed E-state index contributed by atoms with van der Waals surface area (Å²) in [7, 11) is -3.54. The van der Waals surface area contributed by atoms with Crippen molar-refractivity contribution in [2.75, 3.05) is 37.0 Å². The number of nitrogens with zero attached hydrogens (tertiary/aromatic N) is 3. The van der Waals surface area contributed by atoms with Gasteiger partial charge in [0.1, 0.15) is 5.82 Å². The number of morpholine rings is 1. The molecule has 3 aromatic rings. The Morgan fingerprint density at radius 3 is 2.73 bits per heavy atom. The molecule has 3 heterocycles. The van der Waals surface area contributed by atoms with Gasteiger partial charge in [-0.2, -0.15) is 0 Å². The highest BCUT2D eigenvalue weighted by Crippen LogP contribution is 2.25. The number of aromatic nitrogens is 3. The van der Waals surface area contributed by atoms with Crippen LogP contribution >= 0.6 is 0 Å². The molecular weight excluding hydrogens is 406 g/mol. The number of benzene rings is 1. The summed E-state index contributed by atoms with van der Waals surface area (Å²) in [4.78, 5) is 25.4. The van der Waals surface area contributed by atoms with E-state index in [0.717, 1.165) is 16.5 Å². The molecule has 1 aliphatic rings. The lowest BCUT2D eigenvalue weighted by Gasteiger charge is -2.28. The highest BCUT2D eigenvalue weighted by Gasteiger charge is 2.20. The number of anilines is 1. The van der Waals surface area contributed by atoms with Crippen molar-refractivity contribution < 1.29 is 17.9 Å². The van der Waals surface area contributed by atoms with Crippen LogP contribution in [0.5, 0.6) is 0 Å². The third-order valence-electron chi connectivity index (χ3n) is 4.94. The van der Waals surface area contributed by atoms with E-state index in [4.69, 9.17) is 15.5 Å². The van der Waals surface area contributed by atoms with Gasteiger partial charge in [0.05, 0.1) is 30.4 Å². The quantitative estimate of drug-likeness (QED) is 0.578. The number of H-pyrrole nitrogens is 1. The van der Waals surface area contributed by atoms with Gasteiger partial charge in [-0.15, -0.1) is 0 Å². The maximum atomic E-state index is 12.5. The second-order valence-electron chi connectivity index (χ2n) is 7.23. The van der Waals surface area contributed by atoms with Crippen molar-refractivity contribution in [2.24, 2.45) is 5.73 Å². The number of ether oxygens (including phenoxy) is 1. The van der Waals surface area contributed by atoms with Gasteiger partial charge in [-0.05, 0) is 24.3 Å². The summed E-state index contributed by atoms with van der Waals surface area (Å²) in [6.07, 6.45) is 1.65. The van der Waals surface area contributed by atoms with Crippen molar-refractivity contribution in [3.63, 3.8) is 0 Å². The average molecular weight is 430 g/mol. The van der Waals surface area contributed by atoms with Crippen LogP contribution < -0.4 is 10.6 Å². The predicted octanol–water partition coefficient (Wildman–Crippen LogP) is 1.25. The molecule has 0 aliphatic carbocycles. The first-order valence-electron chi connectivity index (χ1n) is 9.66. The molecule has 0 unspecified atom stereocenters. The Balaban J connectivity index is 1.71.